The fraction of sp³-hybridized carbons (Fsp3) is 0.370. The van der Waals surface area contributed by atoms with Crippen molar-refractivity contribution < 1.29 is 35.1 Å². The summed E-state index contributed by atoms with van der Waals surface area (Å²) in [6, 6.07) is 37.7. The quantitative estimate of drug-likeness (QED) is 0.0544. The number of alkyl halides is 3. The first-order valence-corrected chi connectivity index (χ1v) is 29.2. The lowest BCUT2D eigenvalue weighted by atomic mass is 9.96. The molecule has 2 aliphatic rings. The molecule has 0 unspecified atom stereocenters. The van der Waals surface area contributed by atoms with E-state index in [0.717, 1.165) is 107 Å². The maximum atomic E-state index is 14.2. The van der Waals surface area contributed by atoms with Crippen LogP contribution in [-0.4, -0.2) is 113 Å². The molecule has 19 heteroatoms. The molecule has 1 atom stereocenters. The first kappa shape index (κ1) is 54.1. The zero-order chi connectivity index (χ0) is 51.9. The smallest absolute Gasteiger partial charge is 0.393 e. The molecule has 4 N–H and O–H groups in total. The van der Waals surface area contributed by atoms with Gasteiger partial charge in [-0.1, -0.05) is 60.1 Å². The van der Waals surface area contributed by atoms with Gasteiger partial charge in [-0.25, -0.2) is 21.6 Å². The van der Waals surface area contributed by atoms with E-state index in [2.05, 4.69) is 52.8 Å². The van der Waals surface area contributed by atoms with Crippen molar-refractivity contribution in [1.29, 1.82) is 0 Å². The summed E-state index contributed by atoms with van der Waals surface area (Å²) in [5.74, 6) is 0.502. The predicted octanol–water partition coefficient (Wildman–Crippen LogP) is 10.1. The summed E-state index contributed by atoms with van der Waals surface area (Å²) < 4.78 is 98.2. The van der Waals surface area contributed by atoms with Crippen LogP contribution in [0.3, 0.4) is 0 Å². The Morgan fingerprint density at radius 1 is 0.795 bits per heavy atom. The van der Waals surface area contributed by atoms with Crippen molar-refractivity contribution in [1.82, 2.24) is 14.2 Å². The van der Waals surface area contributed by atoms with Crippen molar-refractivity contribution in [2.75, 3.05) is 84.8 Å². The molecule has 390 valence electrons. The van der Waals surface area contributed by atoms with E-state index in [1.807, 2.05) is 98.9 Å². The highest BCUT2D eigenvalue weighted by atomic mass is 35.5. The molecule has 0 radical (unpaired) electrons. The number of aliphatic hydroxyl groups excluding tert-OH is 1. The molecule has 1 aromatic heterocycles. The molecular weight excluding hydrogens is 1020 g/mol. The molecule has 3 heterocycles. The number of piperidine rings is 1. The average Bonchev–Trinajstić information content (AvgIpc) is 3.63. The molecule has 73 heavy (non-hydrogen) atoms. The van der Waals surface area contributed by atoms with Crippen LogP contribution < -0.4 is 25.2 Å². The third kappa shape index (κ3) is 13.8. The Bertz CT molecular complexity index is 3040. The van der Waals surface area contributed by atoms with Crippen molar-refractivity contribution in [3.8, 4) is 22.4 Å². The standard InChI is InChI=1S/C54H63ClF3N7O5S3/c1-38-49(36-60-72(3,67)68)52(53(62(38)2)40-13-15-42(55)16-14-40)41-8-7-9-46(35-41)65-32-30-64(31-33-65)45-19-17-43(18-20-45)59-26-22-39-12-21-50(51(34-39)73(69,70)54(56,57)58)61-44(37-71-48-10-5-4-6-11-48)23-27-63-28-24-47(66)25-29-63/h4-21,34-35,44,47,59-61,66H,22-33,36-37H2,1-3H3/t44-/m0/s1. The SMILES string of the molecule is Cc1c(CNS(C)(=O)=O)c(-c2cccc(N3CCN(c4ccc(NCCc5ccc(N[C@@H](CCN6CCC(O)CC6)CSc6ccccc6)c(S(=O)(=O)C(F)(F)F)c5)cc4)CC3)c2)c(-c2ccc(Cl)cc2)n1C. The minimum absolute atomic E-state index is 0.0758. The summed E-state index contributed by atoms with van der Waals surface area (Å²) in [6.45, 7) is 7.67. The molecule has 2 fully saturated rings. The lowest BCUT2D eigenvalue weighted by Crippen LogP contribution is -2.46. The van der Waals surface area contributed by atoms with Gasteiger partial charge in [0.2, 0.25) is 10.0 Å². The van der Waals surface area contributed by atoms with Crippen LogP contribution in [0.1, 0.15) is 36.1 Å². The van der Waals surface area contributed by atoms with E-state index in [1.54, 1.807) is 17.8 Å². The molecule has 0 aliphatic carbocycles. The number of nitrogens with one attached hydrogen (secondary N) is 3. The van der Waals surface area contributed by atoms with Gasteiger partial charge < -0.3 is 35.0 Å². The Balaban J connectivity index is 0.904. The maximum Gasteiger partial charge on any atom is 0.501 e. The number of anilines is 4. The molecule has 0 bridgehead atoms. The number of likely N-dealkylation sites (tertiary alicyclic amines) is 1. The number of piperazine rings is 1. The van der Waals surface area contributed by atoms with Crippen LogP contribution >= 0.6 is 23.4 Å². The van der Waals surface area contributed by atoms with Crippen LogP contribution in [0, 0.1) is 6.92 Å². The number of aliphatic hydroxyl groups is 1. The van der Waals surface area contributed by atoms with Gasteiger partial charge in [-0.05, 0) is 128 Å². The van der Waals surface area contributed by atoms with Gasteiger partial charge in [0.25, 0.3) is 9.84 Å². The number of rotatable bonds is 20. The number of thioether (sulfide) groups is 1. The number of sulfonamides is 1. The number of halogens is 4. The molecule has 0 spiro atoms. The van der Waals surface area contributed by atoms with Crippen molar-refractivity contribution >= 4 is 66.0 Å². The van der Waals surface area contributed by atoms with E-state index in [9.17, 15) is 35.1 Å². The summed E-state index contributed by atoms with van der Waals surface area (Å²) in [6.07, 6.45) is 3.00. The molecular formula is C54H63ClF3N7O5S3. The van der Waals surface area contributed by atoms with Gasteiger partial charge in [-0.3, -0.25) is 0 Å². The Morgan fingerprint density at radius 2 is 1.47 bits per heavy atom. The van der Waals surface area contributed by atoms with E-state index in [0.29, 0.717) is 48.7 Å². The minimum Gasteiger partial charge on any atom is -0.393 e. The number of benzene rings is 5. The molecule has 0 amide bonds. The number of sulfone groups is 1. The molecule has 12 nitrogen and oxygen atoms in total. The fourth-order valence-corrected chi connectivity index (χ4v) is 12.1. The molecule has 0 saturated carbocycles. The second kappa shape index (κ2) is 23.6. The Labute approximate surface area is 436 Å². The van der Waals surface area contributed by atoms with Gasteiger partial charge in [0.15, 0.2) is 0 Å². The predicted molar refractivity (Wildman–Crippen MR) is 291 cm³/mol. The number of aromatic nitrogens is 1. The zero-order valence-corrected chi connectivity index (χ0v) is 44.4. The third-order valence-corrected chi connectivity index (χ3v) is 17.4. The topological polar surface area (TPSA) is 139 Å². The van der Waals surface area contributed by atoms with Crippen LogP contribution in [0.15, 0.2) is 131 Å². The van der Waals surface area contributed by atoms with E-state index in [-0.39, 0.29) is 30.8 Å². The Morgan fingerprint density at radius 3 is 2.12 bits per heavy atom. The lowest BCUT2D eigenvalue weighted by Gasteiger charge is -2.37. The molecule has 2 saturated heterocycles. The average molecular weight is 1080 g/mol. The van der Waals surface area contributed by atoms with E-state index < -0.39 is 30.3 Å². The van der Waals surface area contributed by atoms with Crippen LogP contribution in [0.5, 0.6) is 0 Å². The van der Waals surface area contributed by atoms with Gasteiger partial charge in [-0.2, -0.15) is 13.2 Å². The van der Waals surface area contributed by atoms with Gasteiger partial charge in [0.1, 0.15) is 0 Å². The summed E-state index contributed by atoms with van der Waals surface area (Å²) in [5, 5.41) is 17.2. The number of nitrogens with zero attached hydrogens (tertiary/aromatic N) is 4. The van der Waals surface area contributed by atoms with Gasteiger partial charge in [-0.15, -0.1) is 11.8 Å². The van der Waals surface area contributed by atoms with Crippen molar-refractivity contribution in [3.05, 3.63) is 143 Å². The monoisotopic (exact) mass is 1080 g/mol. The van der Waals surface area contributed by atoms with Crippen LogP contribution in [-0.2, 0) is 39.9 Å². The lowest BCUT2D eigenvalue weighted by molar-refractivity contribution is -0.0435. The maximum absolute atomic E-state index is 14.2. The summed E-state index contributed by atoms with van der Waals surface area (Å²) in [5.41, 5.74) is 3.53. The van der Waals surface area contributed by atoms with Gasteiger partial charge in [0.05, 0.1) is 28.6 Å². The molecule has 2 aliphatic heterocycles. The van der Waals surface area contributed by atoms with E-state index in [4.69, 9.17) is 11.6 Å². The van der Waals surface area contributed by atoms with Crippen LogP contribution in [0.4, 0.5) is 35.9 Å². The summed E-state index contributed by atoms with van der Waals surface area (Å²) in [7, 11) is -7.16. The van der Waals surface area contributed by atoms with Crippen molar-refractivity contribution in [3.63, 3.8) is 0 Å². The number of hydrogen-bond donors (Lipinski definition) is 4. The van der Waals surface area contributed by atoms with Gasteiger partial charge >= 0.3 is 5.51 Å². The molecule has 6 aromatic rings. The highest BCUT2D eigenvalue weighted by molar-refractivity contribution is 7.99. The summed E-state index contributed by atoms with van der Waals surface area (Å²) >= 11 is 7.82. The Hall–Kier alpha value is -5.21. The first-order chi connectivity index (χ1) is 34.8. The zero-order valence-electron chi connectivity index (χ0n) is 41.2. The normalized spacial score (nSPS) is 15.7. The van der Waals surface area contributed by atoms with Crippen molar-refractivity contribution in [2.24, 2.45) is 7.05 Å². The second-order valence-corrected chi connectivity index (χ2v) is 24.1. The van der Waals surface area contributed by atoms with Crippen LogP contribution in [0.25, 0.3) is 22.4 Å². The second-order valence-electron chi connectivity index (χ2n) is 18.8. The molecule has 5 aromatic carbocycles. The molecule has 8 rings (SSSR count). The highest BCUT2D eigenvalue weighted by Crippen LogP contribution is 2.41. The van der Waals surface area contributed by atoms with E-state index in [1.165, 1.54) is 6.07 Å². The highest BCUT2D eigenvalue weighted by Gasteiger charge is 2.48. The third-order valence-electron chi connectivity index (χ3n) is 13.7. The fourth-order valence-electron chi connectivity index (χ4n) is 9.56. The first-order valence-electron chi connectivity index (χ1n) is 24.4. The largest absolute Gasteiger partial charge is 0.501 e. The Kier molecular flexibility index (Phi) is 17.4. The minimum atomic E-state index is -5.69. The number of hydrogen-bond acceptors (Lipinski definition) is 11. The van der Waals surface area contributed by atoms with Crippen molar-refractivity contribution in [2.45, 2.75) is 66.6 Å². The van der Waals surface area contributed by atoms with E-state index >= 15 is 0 Å². The van der Waals surface area contributed by atoms with Crippen LogP contribution in [0.2, 0.25) is 5.02 Å². The van der Waals surface area contributed by atoms with Gasteiger partial charge in [0, 0.05) is 116 Å². The summed E-state index contributed by atoms with van der Waals surface area (Å²) in [4.78, 5) is 7.11.